The molecule has 2 fully saturated rings. The number of nitrogens with two attached hydrogens (primary N) is 1. The second kappa shape index (κ2) is 6.02. The summed E-state index contributed by atoms with van der Waals surface area (Å²) in [6.07, 6.45) is 2.51. The molecule has 24 heavy (non-hydrogen) atoms. The Hall–Kier alpha value is -2.20. The highest BCUT2D eigenvalue weighted by molar-refractivity contribution is 5.95. The van der Waals surface area contributed by atoms with Gasteiger partial charge in [-0.15, -0.1) is 0 Å². The number of halogens is 1. The SMILES string of the molecule is N[C@H]1CN(C(=O)c2ccc(-c3cccc(F)c3)cc2)C[C@@H]1C1CC1. The van der Waals surface area contributed by atoms with Crippen molar-refractivity contribution in [3.63, 3.8) is 0 Å². The number of carbonyl (C=O) groups is 1. The highest BCUT2D eigenvalue weighted by Gasteiger charge is 2.42. The Bertz CT molecular complexity index is 754. The van der Waals surface area contributed by atoms with E-state index in [2.05, 4.69) is 0 Å². The van der Waals surface area contributed by atoms with Gasteiger partial charge in [-0.1, -0.05) is 24.3 Å². The van der Waals surface area contributed by atoms with Crippen LogP contribution in [0.2, 0.25) is 0 Å². The molecule has 1 aliphatic carbocycles. The standard InChI is InChI=1S/C20H21FN2O/c21-17-3-1-2-16(10-17)13-4-8-15(9-5-13)20(24)23-11-18(14-6-7-14)19(22)12-23/h1-5,8-10,14,18-19H,6-7,11-12,22H2/t18-,19+/m1/s1. The van der Waals surface area contributed by atoms with Gasteiger partial charge >= 0.3 is 0 Å². The van der Waals surface area contributed by atoms with E-state index in [-0.39, 0.29) is 17.8 Å². The molecular formula is C20H21FN2O. The Kier molecular flexibility index (Phi) is 3.85. The predicted molar refractivity (Wildman–Crippen MR) is 91.9 cm³/mol. The van der Waals surface area contributed by atoms with Crippen LogP contribution >= 0.6 is 0 Å². The smallest absolute Gasteiger partial charge is 0.253 e. The highest BCUT2D eigenvalue weighted by atomic mass is 19.1. The molecule has 1 aliphatic heterocycles. The van der Waals surface area contributed by atoms with E-state index in [4.69, 9.17) is 5.73 Å². The molecule has 1 amide bonds. The van der Waals surface area contributed by atoms with Crippen LogP contribution in [0.4, 0.5) is 4.39 Å². The van der Waals surface area contributed by atoms with E-state index in [0.29, 0.717) is 23.9 Å². The molecule has 2 atom stereocenters. The molecule has 2 aliphatic rings. The summed E-state index contributed by atoms with van der Waals surface area (Å²) in [5, 5.41) is 0. The third kappa shape index (κ3) is 2.94. The van der Waals surface area contributed by atoms with Crippen LogP contribution in [-0.2, 0) is 0 Å². The fourth-order valence-corrected chi connectivity index (χ4v) is 3.70. The summed E-state index contributed by atoms with van der Waals surface area (Å²) >= 11 is 0. The van der Waals surface area contributed by atoms with E-state index < -0.39 is 0 Å². The van der Waals surface area contributed by atoms with Crippen LogP contribution in [0.5, 0.6) is 0 Å². The topological polar surface area (TPSA) is 46.3 Å². The zero-order valence-electron chi connectivity index (χ0n) is 13.5. The summed E-state index contributed by atoms with van der Waals surface area (Å²) in [6.45, 7) is 1.42. The third-order valence-electron chi connectivity index (χ3n) is 5.22. The van der Waals surface area contributed by atoms with Gasteiger partial charge in [-0.25, -0.2) is 4.39 Å². The van der Waals surface area contributed by atoms with Crippen molar-refractivity contribution >= 4 is 5.91 Å². The molecule has 2 N–H and O–H groups in total. The van der Waals surface area contributed by atoms with E-state index in [1.807, 2.05) is 35.2 Å². The van der Waals surface area contributed by atoms with Gasteiger partial charge < -0.3 is 10.6 Å². The van der Waals surface area contributed by atoms with E-state index >= 15 is 0 Å². The van der Waals surface area contributed by atoms with Gasteiger partial charge in [0.05, 0.1) is 0 Å². The maximum absolute atomic E-state index is 13.3. The van der Waals surface area contributed by atoms with Gasteiger partial charge in [0.15, 0.2) is 0 Å². The van der Waals surface area contributed by atoms with Gasteiger partial charge in [0.1, 0.15) is 5.82 Å². The molecule has 0 unspecified atom stereocenters. The lowest BCUT2D eigenvalue weighted by Crippen LogP contribution is -2.32. The molecule has 0 radical (unpaired) electrons. The van der Waals surface area contributed by atoms with Gasteiger partial charge in [-0.2, -0.15) is 0 Å². The van der Waals surface area contributed by atoms with Crippen molar-refractivity contribution in [1.29, 1.82) is 0 Å². The number of rotatable bonds is 3. The molecule has 0 aromatic heterocycles. The number of carbonyl (C=O) groups excluding carboxylic acids is 1. The van der Waals surface area contributed by atoms with Crippen LogP contribution < -0.4 is 5.73 Å². The molecule has 4 rings (SSSR count). The van der Waals surface area contributed by atoms with Crippen molar-refractivity contribution in [1.82, 2.24) is 4.90 Å². The second-order valence-corrected chi connectivity index (χ2v) is 6.96. The van der Waals surface area contributed by atoms with Crippen LogP contribution in [0.25, 0.3) is 11.1 Å². The van der Waals surface area contributed by atoms with Gasteiger partial charge in [0, 0.05) is 24.7 Å². The van der Waals surface area contributed by atoms with Crippen LogP contribution in [0, 0.1) is 17.7 Å². The van der Waals surface area contributed by atoms with Crippen molar-refractivity contribution in [2.45, 2.75) is 18.9 Å². The lowest BCUT2D eigenvalue weighted by Gasteiger charge is -2.16. The molecule has 2 aromatic carbocycles. The third-order valence-corrected chi connectivity index (χ3v) is 5.22. The Morgan fingerprint density at radius 1 is 1.04 bits per heavy atom. The minimum Gasteiger partial charge on any atom is -0.337 e. The zero-order chi connectivity index (χ0) is 16.7. The summed E-state index contributed by atoms with van der Waals surface area (Å²) in [5.41, 5.74) is 8.59. The quantitative estimate of drug-likeness (QED) is 0.941. The summed E-state index contributed by atoms with van der Waals surface area (Å²) in [5.74, 6) is 0.956. The van der Waals surface area contributed by atoms with Gasteiger partial charge in [-0.3, -0.25) is 4.79 Å². The van der Waals surface area contributed by atoms with Crippen molar-refractivity contribution in [3.8, 4) is 11.1 Å². The molecule has 1 heterocycles. The number of likely N-dealkylation sites (tertiary alicyclic amines) is 1. The van der Waals surface area contributed by atoms with Crippen LogP contribution in [0.3, 0.4) is 0 Å². The van der Waals surface area contributed by atoms with Crippen LogP contribution in [0.15, 0.2) is 48.5 Å². The minimum absolute atomic E-state index is 0.0411. The highest BCUT2D eigenvalue weighted by Crippen LogP contribution is 2.41. The first-order chi connectivity index (χ1) is 11.6. The molecule has 0 spiro atoms. The largest absolute Gasteiger partial charge is 0.337 e. The zero-order valence-corrected chi connectivity index (χ0v) is 13.5. The number of amides is 1. The van der Waals surface area contributed by atoms with E-state index in [0.717, 1.165) is 17.7 Å². The number of benzene rings is 2. The molecule has 4 heteroatoms. The van der Waals surface area contributed by atoms with Crippen molar-refractivity contribution in [2.75, 3.05) is 13.1 Å². The normalized spacial score (nSPS) is 23.5. The fourth-order valence-electron chi connectivity index (χ4n) is 3.70. The first-order valence-electron chi connectivity index (χ1n) is 8.52. The lowest BCUT2D eigenvalue weighted by atomic mass is 9.99. The predicted octanol–water partition coefficient (Wildman–Crippen LogP) is 3.30. The number of hydrogen-bond donors (Lipinski definition) is 1. The molecule has 0 bridgehead atoms. The summed E-state index contributed by atoms with van der Waals surface area (Å²) < 4.78 is 13.3. The molecule has 124 valence electrons. The second-order valence-electron chi connectivity index (χ2n) is 6.96. The van der Waals surface area contributed by atoms with Gasteiger partial charge in [0.25, 0.3) is 5.91 Å². The van der Waals surface area contributed by atoms with Crippen LogP contribution in [0.1, 0.15) is 23.2 Å². The van der Waals surface area contributed by atoms with Gasteiger partial charge in [-0.05, 0) is 60.1 Å². The van der Waals surface area contributed by atoms with E-state index in [1.54, 1.807) is 6.07 Å². The minimum atomic E-state index is -0.259. The van der Waals surface area contributed by atoms with Crippen LogP contribution in [-0.4, -0.2) is 29.9 Å². The molecule has 1 saturated carbocycles. The maximum atomic E-state index is 13.3. The van der Waals surface area contributed by atoms with E-state index in [1.165, 1.54) is 25.0 Å². The average molecular weight is 324 g/mol. The first-order valence-corrected chi connectivity index (χ1v) is 8.52. The fraction of sp³-hybridized carbons (Fsp3) is 0.350. The van der Waals surface area contributed by atoms with E-state index in [9.17, 15) is 9.18 Å². The maximum Gasteiger partial charge on any atom is 0.253 e. The Morgan fingerprint density at radius 3 is 2.46 bits per heavy atom. The van der Waals surface area contributed by atoms with Crippen molar-refractivity contribution < 1.29 is 9.18 Å². The molecule has 1 saturated heterocycles. The Morgan fingerprint density at radius 2 is 1.79 bits per heavy atom. The monoisotopic (exact) mass is 324 g/mol. The summed E-state index contributed by atoms with van der Waals surface area (Å²) in [7, 11) is 0. The number of hydrogen-bond acceptors (Lipinski definition) is 2. The first kappa shape index (κ1) is 15.3. The molecule has 3 nitrogen and oxygen atoms in total. The average Bonchev–Trinajstić information content (AvgIpc) is 3.36. The molecule has 2 aromatic rings. The molecular weight excluding hydrogens is 303 g/mol. The Balaban J connectivity index is 1.49. The van der Waals surface area contributed by atoms with Gasteiger partial charge in [0.2, 0.25) is 0 Å². The van der Waals surface area contributed by atoms with Crippen molar-refractivity contribution in [2.24, 2.45) is 17.6 Å². The van der Waals surface area contributed by atoms with Crippen molar-refractivity contribution in [3.05, 3.63) is 59.9 Å². The Labute approximate surface area is 141 Å². The summed E-state index contributed by atoms with van der Waals surface area (Å²) in [6, 6.07) is 14.0. The summed E-state index contributed by atoms with van der Waals surface area (Å²) in [4.78, 5) is 14.6. The lowest BCUT2D eigenvalue weighted by molar-refractivity contribution is 0.0785. The number of nitrogens with zero attached hydrogens (tertiary/aromatic N) is 1.